The number of hydrogen-bond donors (Lipinski definition) is 1. The lowest BCUT2D eigenvalue weighted by Gasteiger charge is -2.35. The fraction of sp³-hybridized carbons (Fsp3) is 0.529. The number of hydrogen-bond acceptors (Lipinski definition) is 7. The predicted molar refractivity (Wildman–Crippen MR) is 97.7 cm³/mol. The van der Waals surface area contributed by atoms with E-state index in [4.69, 9.17) is 0 Å². The summed E-state index contributed by atoms with van der Waals surface area (Å²) in [4.78, 5) is 30.7. The van der Waals surface area contributed by atoms with E-state index >= 15 is 0 Å². The van der Waals surface area contributed by atoms with E-state index in [9.17, 15) is 4.79 Å². The molecular formula is C17H22N6OS. The number of thiazole rings is 1. The summed E-state index contributed by atoms with van der Waals surface area (Å²) < 4.78 is 0. The van der Waals surface area contributed by atoms with E-state index in [1.54, 1.807) is 11.3 Å². The highest BCUT2D eigenvalue weighted by Crippen LogP contribution is 2.32. The van der Waals surface area contributed by atoms with Crippen LogP contribution in [0.5, 0.6) is 0 Å². The Balaban J connectivity index is 1.60. The maximum atomic E-state index is 12.9. The zero-order valence-corrected chi connectivity index (χ0v) is 15.3. The molecule has 1 N–H and O–H groups in total. The fourth-order valence-electron chi connectivity index (χ4n) is 3.72. The SMILES string of the molecule is CNc1cc(C)nc(N2C[C@@H]3CC[C@H](C2)N(Cc2cscn2)C3=O)n1. The maximum absolute atomic E-state index is 12.9. The lowest BCUT2D eigenvalue weighted by Crippen LogP contribution is -2.47. The lowest BCUT2D eigenvalue weighted by molar-refractivity contribution is -0.140. The van der Waals surface area contributed by atoms with Crippen LogP contribution in [-0.2, 0) is 11.3 Å². The Bertz CT molecular complexity index is 765. The molecule has 2 aromatic rings. The van der Waals surface area contributed by atoms with Gasteiger partial charge in [0.15, 0.2) is 0 Å². The molecule has 132 valence electrons. The first-order chi connectivity index (χ1) is 12.1. The van der Waals surface area contributed by atoms with Gasteiger partial charge < -0.3 is 15.1 Å². The van der Waals surface area contributed by atoms with Crippen LogP contribution in [-0.4, -0.2) is 51.9 Å². The van der Waals surface area contributed by atoms with Gasteiger partial charge in [-0.15, -0.1) is 11.3 Å². The van der Waals surface area contributed by atoms with Crippen molar-refractivity contribution < 1.29 is 4.79 Å². The van der Waals surface area contributed by atoms with E-state index in [-0.39, 0.29) is 17.9 Å². The van der Waals surface area contributed by atoms with E-state index < -0.39 is 0 Å². The summed E-state index contributed by atoms with van der Waals surface area (Å²) in [5, 5.41) is 5.11. The number of nitrogens with zero attached hydrogens (tertiary/aromatic N) is 5. The summed E-state index contributed by atoms with van der Waals surface area (Å²) in [6.07, 6.45) is 1.97. The molecule has 8 heteroatoms. The van der Waals surface area contributed by atoms with Gasteiger partial charge in [-0.2, -0.15) is 4.98 Å². The first-order valence-corrected chi connectivity index (χ1v) is 9.54. The zero-order chi connectivity index (χ0) is 17.4. The summed E-state index contributed by atoms with van der Waals surface area (Å²) >= 11 is 1.57. The average molecular weight is 358 g/mol. The molecule has 0 aliphatic carbocycles. The predicted octanol–water partition coefficient (Wildman–Crippen LogP) is 1.91. The van der Waals surface area contributed by atoms with Gasteiger partial charge >= 0.3 is 0 Å². The number of anilines is 2. The van der Waals surface area contributed by atoms with Crippen molar-refractivity contribution in [3.8, 4) is 0 Å². The number of rotatable bonds is 4. The van der Waals surface area contributed by atoms with Gasteiger partial charge in [-0.3, -0.25) is 4.79 Å². The van der Waals surface area contributed by atoms with Crippen LogP contribution in [0.4, 0.5) is 11.8 Å². The molecule has 5 heterocycles. The largest absolute Gasteiger partial charge is 0.373 e. The molecule has 5 rings (SSSR count). The minimum absolute atomic E-state index is 0.0135. The quantitative estimate of drug-likeness (QED) is 0.900. The molecule has 0 unspecified atom stereocenters. The second-order valence-electron chi connectivity index (χ2n) is 6.72. The Hall–Kier alpha value is -2.22. The van der Waals surface area contributed by atoms with Crippen molar-refractivity contribution in [2.75, 3.05) is 30.4 Å². The van der Waals surface area contributed by atoms with Crippen LogP contribution in [0.25, 0.3) is 0 Å². The summed E-state index contributed by atoms with van der Waals surface area (Å²) in [7, 11) is 1.86. The standard InChI is InChI=1S/C17H22N6OS/c1-11-5-15(18-2)21-17(20-11)22-6-12-3-4-14(8-22)23(16(12)24)7-13-9-25-10-19-13/h5,9-10,12,14H,3-4,6-8H2,1-2H3,(H,18,20,21)/t12-,14+/m0/s1. The highest BCUT2D eigenvalue weighted by molar-refractivity contribution is 7.07. The van der Waals surface area contributed by atoms with E-state index in [1.165, 1.54) is 0 Å². The van der Waals surface area contributed by atoms with Crippen LogP contribution >= 0.6 is 11.3 Å². The molecule has 0 radical (unpaired) electrons. The monoisotopic (exact) mass is 358 g/mol. The van der Waals surface area contributed by atoms with Crippen LogP contribution in [0.15, 0.2) is 17.0 Å². The summed E-state index contributed by atoms with van der Waals surface area (Å²) in [5.74, 6) is 1.78. The van der Waals surface area contributed by atoms with Crippen molar-refractivity contribution in [3.05, 3.63) is 28.3 Å². The molecule has 3 saturated heterocycles. The molecule has 25 heavy (non-hydrogen) atoms. The first kappa shape index (κ1) is 16.3. The maximum Gasteiger partial charge on any atom is 0.228 e. The van der Waals surface area contributed by atoms with E-state index in [1.807, 2.05) is 35.8 Å². The third-order valence-electron chi connectivity index (χ3n) is 4.99. The Morgan fingerprint density at radius 2 is 2.20 bits per heavy atom. The molecule has 0 spiro atoms. The second-order valence-corrected chi connectivity index (χ2v) is 7.44. The van der Waals surface area contributed by atoms with Gasteiger partial charge in [0.1, 0.15) is 5.82 Å². The van der Waals surface area contributed by atoms with E-state index in [0.29, 0.717) is 19.0 Å². The number of piperidine rings is 1. The molecule has 3 fully saturated rings. The van der Waals surface area contributed by atoms with Gasteiger partial charge in [-0.1, -0.05) is 0 Å². The Morgan fingerprint density at radius 1 is 1.32 bits per heavy atom. The van der Waals surface area contributed by atoms with Crippen molar-refractivity contribution in [1.82, 2.24) is 19.9 Å². The van der Waals surface area contributed by atoms with Crippen LogP contribution in [0.2, 0.25) is 0 Å². The van der Waals surface area contributed by atoms with Crippen molar-refractivity contribution >= 4 is 29.0 Å². The number of aromatic nitrogens is 3. The molecule has 0 aromatic carbocycles. The number of aryl methyl sites for hydroxylation is 1. The Morgan fingerprint density at radius 3 is 2.96 bits per heavy atom. The van der Waals surface area contributed by atoms with Gasteiger partial charge in [-0.05, 0) is 19.8 Å². The normalized spacial score (nSPS) is 23.0. The van der Waals surface area contributed by atoms with Crippen molar-refractivity contribution in [3.63, 3.8) is 0 Å². The number of amides is 1. The molecule has 7 nitrogen and oxygen atoms in total. The summed E-state index contributed by atoms with van der Waals surface area (Å²) in [5.41, 5.74) is 3.72. The van der Waals surface area contributed by atoms with Gasteiger partial charge in [0, 0.05) is 43.3 Å². The molecule has 0 saturated carbocycles. The Kier molecular flexibility index (Phi) is 4.29. The third-order valence-corrected chi connectivity index (χ3v) is 5.63. The minimum atomic E-state index is 0.0135. The average Bonchev–Trinajstić information content (AvgIpc) is 2.97. The molecule has 2 aromatic heterocycles. The molecule has 2 atom stereocenters. The molecule has 2 bridgehead atoms. The zero-order valence-electron chi connectivity index (χ0n) is 14.5. The second kappa shape index (κ2) is 6.59. The van der Waals surface area contributed by atoms with Crippen molar-refractivity contribution in [2.24, 2.45) is 5.92 Å². The van der Waals surface area contributed by atoms with Gasteiger partial charge in [-0.25, -0.2) is 9.97 Å². The first-order valence-electron chi connectivity index (χ1n) is 8.60. The van der Waals surface area contributed by atoms with Gasteiger partial charge in [0.2, 0.25) is 11.9 Å². The number of nitrogens with one attached hydrogen (secondary N) is 1. The topological polar surface area (TPSA) is 74.2 Å². The molecule has 1 amide bonds. The highest BCUT2D eigenvalue weighted by Gasteiger charge is 2.41. The van der Waals surface area contributed by atoms with E-state index in [0.717, 1.165) is 36.6 Å². The lowest BCUT2D eigenvalue weighted by atomic mass is 9.94. The molecule has 3 aliphatic rings. The van der Waals surface area contributed by atoms with Crippen molar-refractivity contribution in [2.45, 2.75) is 32.4 Å². The third kappa shape index (κ3) is 3.18. The summed E-state index contributed by atoms with van der Waals surface area (Å²) in [6, 6.07) is 2.12. The number of carbonyl (C=O) groups is 1. The number of fused-ring (bicyclic) bond motifs is 4. The molecule has 3 aliphatic heterocycles. The van der Waals surface area contributed by atoms with E-state index in [2.05, 4.69) is 25.2 Å². The highest BCUT2D eigenvalue weighted by atomic mass is 32.1. The smallest absolute Gasteiger partial charge is 0.228 e. The van der Waals surface area contributed by atoms with Crippen LogP contribution in [0.1, 0.15) is 24.2 Å². The van der Waals surface area contributed by atoms with Crippen LogP contribution in [0, 0.1) is 12.8 Å². The van der Waals surface area contributed by atoms with Crippen LogP contribution < -0.4 is 10.2 Å². The van der Waals surface area contributed by atoms with Gasteiger partial charge in [0.25, 0.3) is 0 Å². The minimum Gasteiger partial charge on any atom is -0.373 e. The summed E-state index contributed by atoms with van der Waals surface area (Å²) in [6.45, 7) is 4.04. The van der Waals surface area contributed by atoms with Gasteiger partial charge in [0.05, 0.1) is 23.7 Å². The molecular weight excluding hydrogens is 336 g/mol. The fourth-order valence-corrected chi connectivity index (χ4v) is 4.27. The van der Waals surface area contributed by atoms with Crippen molar-refractivity contribution in [1.29, 1.82) is 0 Å². The van der Waals surface area contributed by atoms with Crippen LogP contribution in [0.3, 0.4) is 0 Å². The number of carbonyl (C=O) groups excluding carboxylic acids is 1. The Labute approximate surface area is 151 Å².